The van der Waals surface area contributed by atoms with E-state index in [2.05, 4.69) is 11.2 Å². The average Bonchev–Trinajstić information content (AvgIpc) is 2.27. The quantitative estimate of drug-likeness (QED) is 0.617. The molecule has 102 valence electrons. The zero-order valence-corrected chi connectivity index (χ0v) is 11.7. The van der Waals surface area contributed by atoms with Crippen molar-refractivity contribution in [2.75, 3.05) is 19.6 Å². The van der Waals surface area contributed by atoms with Gasteiger partial charge in [0.1, 0.15) is 5.60 Å². The van der Waals surface area contributed by atoms with E-state index in [1.165, 1.54) is 0 Å². The molecular weight excluding hydrogens is 228 g/mol. The summed E-state index contributed by atoms with van der Waals surface area (Å²) in [6, 6.07) is 0.333. The Morgan fingerprint density at radius 1 is 1.56 bits per heavy atom. The Balaban J connectivity index is 2.39. The van der Waals surface area contributed by atoms with Gasteiger partial charge in [-0.2, -0.15) is 0 Å². The van der Waals surface area contributed by atoms with Crippen LogP contribution in [0.4, 0.5) is 4.79 Å². The number of rotatable bonds is 3. The van der Waals surface area contributed by atoms with Crippen LogP contribution >= 0.6 is 0 Å². The molecule has 0 radical (unpaired) electrons. The lowest BCUT2D eigenvalue weighted by Crippen LogP contribution is -2.53. The monoisotopic (exact) mass is 252 g/mol. The van der Waals surface area contributed by atoms with Crippen LogP contribution in [0.15, 0.2) is 0 Å². The predicted molar refractivity (Wildman–Crippen MR) is 72.3 cm³/mol. The number of amides is 1. The number of hydrogen-bond acceptors (Lipinski definition) is 3. The van der Waals surface area contributed by atoms with Crippen LogP contribution in [0.25, 0.3) is 0 Å². The first-order chi connectivity index (χ1) is 8.42. The molecule has 1 aliphatic heterocycles. The molecule has 0 spiro atoms. The lowest BCUT2D eigenvalue weighted by Gasteiger charge is -2.34. The molecule has 1 rings (SSSR count). The third-order valence-electron chi connectivity index (χ3n) is 2.78. The minimum absolute atomic E-state index is 0.217. The van der Waals surface area contributed by atoms with E-state index in [4.69, 9.17) is 11.2 Å². The van der Waals surface area contributed by atoms with Crippen LogP contribution in [-0.4, -0.2) is 42.3 Å². The highest BCUT2D eigenvalue weighted by molar-refractivity contribution is 5.68. The number of carbonyl (C=O) groups is 1. The zero-order chi connectivity index (χ0) is 13.6. The molecule has 0 aromatic rings. The molecule has 1 atom stereocenters. The van der Waals surface area contributed by atoms with E-state index in [1.807, 2.05) is 20.8 Å². The second-order valence-corrected chi connectivity index (χ2v) is 5.67. The maximum absolute atomic E-state index is 11.9. The van der Waals surface area contributed by atoms with Crippen molar-refractivity contribution in [2.24, 2.45) is 0 Å². The van der Waals surface area contributed by atoms with Crippen LogP contribution in [0.1, 0.15) is 40.0 Å². The van der Waals surface area contributed by atoms with Gasteiger partial charge in [-0.1, -0.05) is 0 Å². The molecule has 0 saturated carbocycles. The molecule has 1 fully saturated rings. The Labute approximate surface area is 110 Å². The van der Waals surface area contributed by atoms with Crippen LogP contribution in [0.5, 0.6) is 0 Å². The highest BCUT2D eigenvalue weighted by Crippen LogP contribution is 2.13. The van der Waals surface area contributed by atoms with Gasteiger partial charge in [-0.15, -0.1) is 12.3 Å². The third-order valence-corrected chi connectivity index (χ3v) is 2.78. The lowest BCUT2D eigenvalue weighted by atomic mass is 10.1. The smallest absolute Gasteiger partial charge is 0.410 e. The Morgan fingerprint density at radius 2 is 2.28 bits per heavy atom. The highest BCUT2D eigenvalue weighted by Gasteiger charge is 2.26. The first-order valence-corrected chi connectivity index (χ1v) is 6.57. The minimum atomic E-state index is -0.430. The molecule has 18 heavy (non-hydrogen) atoms. The van der Waals surface area contributed by atoms with Gasteiger partial charge in [-0.3, -0.25) is 0 Å². The van der Waals surface area contributed by atoms with Gasteiger partial charge in [0.05, 0.1) is 0 Å². The van der Waals surface area contributed by atoms with Gasteiger partial charge < -0.3 is 15.0 Å². The number of carbonyl (C=O) groups excluding carboxylic acids is 1. The van der Waals surface area contributed by atoms with Gasteiger partial charge in [0.25, 0.3) is 0 Å². The van der Waals surface area contributed by atoms with E-state index in [1.54, 1.807) is 4.90 Å². The lowest BCUT2D eigenvalue weighted by molar-refractivity contribution is 0.0192. The van der Waals surface area contributed by atoms with Gasteiger partial charge in [0.15, 0.2) is 0 Å². The van der Waals surface area contributed by atoms with E-state index >= 15 is 0 Å². The van der Waals surface area contributed by atoms with E-state index in [0.717, 1.165) is 25.8 Å². The number of terminal acetylenes is 1. The Hall–Kier alpha value is -1.21. The summed E-state index contributed by atoms with van der Waals surface area (Å²) in [6.07, 6.45) is 7.81. The molecule has 1 amide bonds. The second-order valence-electron chi connectivity index (χ2n) is 5.67. The maximum Gasteiger partial charge on any atom is 0.410 e. The number of ether oxygens (including phenoxy) is 1. The van der Waals surface area contributed by atoms with Crippen molar-refractivity contribution in [3.05, 3.63) is 0 Å². The molecule has 1 heterocycles. The molecule has 0 bridgehead atoms. The average molecular weight is 252 g/mol. The minimum Gasteiger partial charge on any atom is -0.444 e. The molecule has 0 aliphatic carbocycles. The first kappa shape index (κ1) is 14.8. The topological polar surface area (TPSA) is 41.6 Å². The fraction of sp³-hybridized carbons (Fsp3) is 0.786. The van der Waals surface area contributed by atoms with Gasteiger partial charge in [0.2, 0.25) is 0 Å². The molecule has 1 unspecified atom stereocenters. The fourth-order valence-corrected chi connectivity index (χ4v) is 1.96. The van der Waals surface area contributed by atoms with E-state index in [0.29, 0.717) is 19.1 Å². The zero-order valence-electron chi connectivity index (χ0n) is 11.7. The molecule has 0 aromatic carbocycles. The van der Waals surface area contributed by atoms with Gasteiger partial charge >= 0.3 is 6.09 Å². The summed E-state index contributed by atoms with van der Waals surface area (Å²) >= 11 is 0. The number of hydrogen-bond donors (Lipinski definition) is 1. The molecule has 1 saturated heterocycles. The highest BCUT2D eigenvalue weighted by atomic mass is 16.6. The van der Waals surface area contributed by atoms with Crippen LogP contribution in [0.2, 0.25) is 0 Å². The van der Waals surface area contributed by atoms with Crippen LogP contribution in [0, 0.1) is 12.3 Å². The summed E-state index contributed by atoms with van der Waals surface area (Å²) in [5.41, 5.74) is -0.430. The number of unbranched alkanes of at least 4 members (excludes halogenated alkanes) is 1. The van der Waals surface area contributed by atoms with Crippen molar-refractivity contribution < 1.29 is 9.53 Å². The van der Waals surface area contributed by atoms with E-state index < -0.39 is 5.60 Å². The Kier molecular flexibility index (Phi) is 5.49. The summed E-state index contributed by atoms with van der Waals surface area (Å²) < 4.78 is 5.38. The van der Waals surface area contributed by atoms with E-state index in [-0.39, 0.29) is 6.09 Å². The van der Waals surface area contributed by atoms with Gasteiger partial charge in [-0.05, 0) is 33.6 Å². The number of nitrogens with zero attached hydrogens (tertiary/aromatic N) is 1. The van der Waals surface area contributed by atoms with Gasteiger partial charge in [0, 0.05) is 32.1 Å². The summed E-state index contributed by atoms with van der Waals surface area (Å²) in [6.45, 7) is 7.90. The molecule has 1 aliphatic rings. The van der Waals surface area contributed by atoms with Crippen molar-refractivity contribution in [2.45, 2.75) is 51.7 Å². The fourth-order valence-electron chi connectivity index (χ4n) is 1.96. The standard InChI is InChI=1S/C14H24N2O2/c1-5-6-7-8-12-11-16(10-9-15-12)13(17)18-14(2,3)4/h1,12,15H,6-11H2,2-4H3. The van der Waals surface area contributed by atoms with Gasteiger partial charge in [-0.25, -0.2) is 4.79 Å². The summed E-state index contributed by atoms with van der Waals surface area (Å²) in [4.78, 5) is 13.7. The van der Waals surface area contributed by atoms with Crippen molar-refractivity contribution in [1.82, 2.24) is 10.2 Å². The Morgan fingerprint density at radius 3 is 2.89 bits per heavy atom. The summed E-state index contributed by atoms with van der Waals surface area (Å²) in [7, 11) is 0. The summed E-state index contributed by atoms with van der Waals surface area (Å²) in [5, 5.41) is 3.41. The molecule has 1 N–H and O–H groups in total. The second kappa shape index (κ2) is 6.65. The largest absolute Gasteiger partial charge is 0.444 e. The Bertz CT molecular complexity index is 315. The first-order valence-electron chi connectivity index (χ1n) is 6.57. The SMILES string of the molecule is C#CCCCC1CN(C(=O)OC(C)(C)C)CCN1. The van der Waals surface area contributed by atoms with Crippen LogP contribution in [0.3, 0.4) is 0 Å². The molecular formula is C14H24N2O2. The number of nitrogens with one attached hydrogen (secondary N) is 1. The molecule has 4 nitrogen and oxygen atoms in total. The normalized spacial score (nSPS) is 20.3. The molecule has 0 aromatic heterocycles. The molecule has 4 heteroatoms. The predicted octanol–water partition coefficient (Wildman–Crippen LogP) is 2.00. The summed E-state index contributed by atoms with van der Waals surface area (Å²) in [5.74, 6) is 2.64. The van der Waals surface area contributed by atoms with E-state index in [9.17, 15) is 4.79 Å². The van der Waals surface area contributed by atoms with Crippen molar-refractivity contribution >= 4 is 6.09 Å². The van der Waals surface area contributed by atoms with Crippen molar-refractivity contribution in [3.63, 3.8) is 0 Å². The van der Waals surface area contributed by atoms with Crippen LogP contribution < -0.4 is 5.32 Å². The number of piperazine rings is 1. The maximum atomic E-state index is 11.9. The third kappa shape index (κ3) is 5.42. The van der Waals surface area contributed by atoms with Crippen LogP contribution in [-0.2, 0) is 4.74 Å². The van der Waals surface area contributed by atoms with Crippen molar-refractivity contribution in [3.8, 4) is 12.3 Å². The van der Waals surface area contributed by atoms with Crippen molar-refractivity contribution in [1.29, 1.82) is 0 Å².